The number of carbonyl (C=O) groups is 2. The van der Waals surface area contributed by atoms with Gasteiger partial charge in [-0.05, 0) is 33.1 Å². The first-order valence-electron chi connectivity index (χ1n) is 5.02. The summed E-state index contributed by atoms with van der Waals surface area (Å²) in [6, 6.07) is 0. The summed E-state index contributed by atoms with van der Waals surface area (Å²) in [5, 5.41) is 0. The van der Waals surface area contributed by atoms with Crippen molar-refractivity contribution < 1.29 is 19.1 Å². The fourth-order valence-corrected chi connectivity index (χ4v) is 1.56. The highest BCUT2D eigenvalue weighted by molar-refractivity contribution is 6.01. The van der Waals surface area contributed by atoms with Crippen LogP contribution in [0.4, 0.5) is 0 Å². The molecule has 0 aromatic heterocycles. The van der Waals surface area contributed by atoms with Gasteiger partial charge in [0.2, 0.25) is 0 Å². The SMILES string of the molecule is CCOC(=O)C1([13C](=O)OCC)CC[13CH2]1. The zero-order valence-corrected chi connectivity index (χ0v) is 8.67. The zero-order chi connectivity index (χ0) is 10.6. The maximum atomic E-state index is 11.5. The molecule has 1 aliphatic rings. The smallest absolute Gasteiger partial charge is 0.323 e. The molecular weight excluding hydrogens is 186 g/mol. The van der Waals surface area contributed by atoms with Gasteiger partial charge in [-0.15, -0.1) is 0 Å². The average Bonchev–Trinajstić information content (AvgIpc) is 2.02. The van der Waals surface area contributed by atoms with Crippen LogP contribution in [-0.2, 0) is 19.1 Å². The molecule has 0 N–H and O–H groups in total. The molecule has 0 radical (unpaired) electrons. The summed E-state index contributed by atoms with van der Waals surface area (Å²) in [6.07, 6.45) is 2.01. The van der Waals surface area contributed by atoms with Crippen molar-refractivity contribution in [3.8, 4) is 0 Å². The molecule has 1 aliphatic carbocycles. The molecule has 0 aromatic carbocycles. The van der Waals surface area contributed by atoms with Crippen molar-refractivity contribution >= 4 is 11.9 Å². The Hall–Kier alpha value is -1.06. The summed E-state index contributed by atoms with van der Waals surface area (Å²) in [7, 11) is 0. The highest BCUT2D eigenvalue weighted by atomic mass is 16.6. The highest BCUT2D eigenvalue weighted by Crippen LogP contribution is 2.43. The second-order valence-electron chi connectivity index (χ2n) is 3.38. The van der Waals surface area contributed by atoms with Crippen LogP contribution in [-0.4, -0.2) is 25.2 Å². The normalized spacial score (nSPS) is 25.0. The van der Waals surface area contributed by atoms with Crippen LogP contribution in [0.1, 0.15) is 33.1 Å². The first-order chi connectivity index (χ1) is 6.67. The van der Waals surface area contributed by atoms with Crippen LogP contribution >= 0.6 is 0 Å². The molecule has 0 amide bonds. The van der Waals surface area contributed by atoms with Gasteiger partial charge in [0.15, 0.2) is 5.41 Å². The van der Waals surface area contributed by atoms with Crippen LogP contribution in [0.25, 0.3) is 0 Å². The third-order valence-electron chi connectivity index (χ3n) is 2.54. The van der Waals surface area contributed by atoms with Gasteiger partial charge in [0.1, 0.15) is 0 Å². The molecule has 0 aromatic rings. The van der Waals surface area contributed by atoms with Gasteiger partial charge in [0.25, 0.3) is 0 Å². The minimum absolute atomic E-state index is 0.306. The predicted octanol–water partition coefficient (Wildman–Crippen LogP) is 1.28. The second kappa shape index (κ2) is 4.44. The van der Waals surface area contributed by atoms with E-state index in [4.69, 9.17) is 9.47 Å². The van der Waals surface area contributed by atoms with Crippen LogP contribution in [0.15, 0.2) is 0 Å². The molecule has 0 saturated heterocycles. The minimum atomic E-state index is -0.980. The number of rotatable bonds is 4. The zero-order valence-electron chi connectivity index (χ0n) is 8.67. The van der Waals surface area contributed by atoms with Gasteiger partial charge in [-0.1, -0.05) is 0 Å². The number of ether oxygens (including phenoxy) is 2. The molecule has 1 atom stereocenters. The van der Waals surface area contributed by atoms with E-state index in [1.54, 1.807) is 13.8 Å². The Morgan fingerprint density at radius 2 is 1.50 bits per heavy atom. The molecule has 14 heavy (non-hydrogen) atoms. The topological polar surface area (TPSA) is 52.6 Å². The summed E-state index contributed by atoms with van der Waals surface area (Å²) in [5.74, 6) is -0.852. The minimum Gasteiger partial charge on any atom is -0.465 e. The first-order valence-corrected chi connectivity index (χ1v) is 5.02. The summed E-state index contributed by atoms with van der Waals surface area (Å²) in [4.78, 5) is 23.1. The summed E-state index contributed by atoms with van der Waals surface area (Å²) >= 11 is 0. The van der Waals surface area contributed by atoms with E-state index in [2.05, 4.69) is 0 Å². The monoisotopic (exact) mass is 202 g/mol. The highest BCUT2D eigenvalue weighted by Gasteiger charge is 2.53. The quantitative estimate of drug-likeness (QED) is 0.391. The molecule has 1 unspecified atom stereocenters. The largest absolute Gasteiger partial charge is 0.465 e. The lowest BCUT2D eigenvalue weighted by Crippen LogP contribution is -2.47. The maximum absolute atomic E-state index is 11.5. The number of hydrogen-bond donors (Lipinski definition) is 0. The lowest BCUT2D eigenvalue weighted by molar-refractivity contribution is -0.178. The van der Waals surface area contributed by atoms with Crippen LogP contribution in [0.5, 0.6) is 0 Å². The van der Waals surface area contributed by atoms with Crippen molar-refractivity contribution in [1.82, 2.24) is 0 Å². The van der Waals surface area contributed by atoms with E-state index in [0.29, 0.717) is 26.1 Å². The van der Waals surface area contributed by atoms with E-state index in [-0.39, 0.29) is 0 Å². The molecule has 1 rings (SSSR count). The Morgan fingerprint density at radius 3 is 1.71 bits per heavy atom. The average molecular weight is 202 g/mol. The number of carbonyl (C=O) groups excluding carboxylic acids is 2. The van der Waals surface area contributed by atoms with Crippen molar-refractivity contribution in [2.24, 2.45) is 5.41 Å². The Labute approximate surface area is 83.6 Å². The molecular formula is C10H16O4. The van der Waals surface area contributed by atoms with E-state index in [0.717, 1.165) is 6.42 Å². The van der Waals surface area contributed by atoms with Crippen LogP contribution in [0, 0.1) is 5.41 Å². The lowest BCUT2D eigenvalue weighted by Gasteiger charge is -2.36. The first kappa shape index (κ1) is 11.0. The number of esters is 2. The van der Waals surface area contributed by atoms with Gasteiger partial charge in [-0.3, -0.25) is 9.59 Å². The molecule has 0 spiro atoms. The third-order valence-corrected chi connectivity index (χ3v) is 2.54. The van der Waals surface area contributed by atoms with E-state index in [1.165, 1.54) is 0 Å². The van der Waals surface area contributed by atoms with Crippen molar-refractivity contribution in [3.05, 3.63) is 0 Å². The summed E-state index contributed by atoms with van der Waals surface area (Å²) in [6.45, 7) is 4.07. The molecule has 1 fully saturated rings. The summed E-state index contributed by atoms with van der Waals surface area (Å²) in [5.41, 5.74) is -0.980. The second-order valence-corrected chi connectivity index (χ2v) is 3.38. The van der Waals surface area contributed by atoms with Crippen LogP contribution in [0.3, 0.4) is 0 Å². The van der Waals surface area contributed by atoms with E-state index >= 15 is 0 Å². The van der Waals surface area contributed by atoms with Crippen molar-refractivity contribution in [2.75, 3.05) is 13.2 Å². The van der Waals surface area contributed by atoms with Crippen LogP contribution in [0.2, 0.25) is 0 Å². The fourth-order valence-electron chi connectivity index (χ4n) is 1.56. The fraction of sp³-hybridized carbons (Fsp3) is 0.800. The van der Waals surface area contributed by atoms with Gasteiger partial charge in [-0.25, -0.2) is 0 Å². The molecule has 80 valence electrons. The molecule has 0 heterocycles. The maximum Gasteiger partial charge on any atom is 0.323 e. The Kier molecular flexibility index (Phi) is 3.49. The third kappa shape index (κ3) is 1.74. The van der Waals surface area contributed by atoms with E-state index in [9.17, 15) is 9.59 Å². The Balaban J connectivity index is 2.65. The van der Waals surface area contributed by atoms with E-state index in [1.807, 2.05) is 0 Å². The molecule has 4 nitrogen and oxygen atoms in total. The predicted molar refractivity (Wildman–Crippen MR) is 49.6 cm³/mol. The van der Waals surface area contributed by atoms with E-state index < -0.39 is 17.4 Å². The molecule has 0 aliphatic heterocycles. The molecule has 4 heteroatoms. The van der Waals surface area contributed by atoms with Gasteiger partial charge in [0.05, 0.1) is 13.2 Å². The van der Waals surface area contributed by atoms with Gasteiger partial charge in [-0.2, -0.15) is 0 Å². The molecule has 0 bridgehead atoms. The van der Waals surface area contributed by atoms with Crippen LogP contribution < -0.4 is 0 Å². The van der Waals surface area contributed by atoms with Gasteiger partial charge in [0, 0.05) is 0 Å². The number of hydrogen-bond acceptors (Lipinski definition) is 4. The van der Waals surface area contributed by atoms with Crippen molar-refractivity contribution in [3.63, 3.8) is 0 Å². The van der Waals surface area contributed by atoms with Gasteiger partial charge >= 0.3 is 11.9 Å². The Morgan fingerprint density at radius 1 is 1.07 bits per heavy atom. The Bertz CT molecular complexity index is 210. The molecule has 1 saturated carbocycles. The lowest BCUT2D eigenvalue weighted by atomic mass is 9.88. The van der Waals surface area contributed by atoms with Crippen molar-refractivity contribution in [2.45, 2.75) is 33.1 Å². The van der Waals surface area contributed by atoms with Crippen molar-refractivity contribution in [1.29, 1.82) is 0 Å². The summed E-state index contributed by atoms with van der Waals surface area (Å²) < 4.78 is 9.75. The van der Waals surface area contributed by atoms with Gasteiger partial charge < -0.3 is 9.47 Å². The standard InChI is InChI=1S/C10H16O4/c1-3-13-8(11)10(6-5-7-10)9(12)14-4-2/h3-7H2,1-2H3/i6+1,8+1.